The molecule has 4 atom stereocenters. The predicted molar refractivity (Wildman–Crippen MR) is 69.3 cm³/mol. The van der Waals surface area contributed by atoms with Gasteiger partial charge in [0.2, 0.25) is 0 Å². The molecule has 2 rings (SSSR count). The van der Waals surface area contributed by atoms with Gasteiger partial charge < -0.3 is 5.73 Å². The van der Waals surface area contributed by atoms with Crippen molar-refractivity contribution < 1.29 is 0 Å². The Kier molecular flexibility index (Phi) is 3.33. The number of hydrogen-bond acceptors (Lipinski definition) is 2. The summed E-state index contributed by atoms with van der Waals surface area (Å²) in [5, 5.41) is 0. The summed E-state index contributed by atoms with van der Waals surface area (Å²) < 4.78 is 0. The van der Waals surface area contributed by atoms with Crippen LogP contribution in [0.25, 0.3) is 0 Å². The van der Waals surface area contributed by atoms with E-state index in [0.29, 0.717) is 17.5 Å². The molecule has 0 bridgehead atoms. The van der Waals surface area contributed by atoms with Crippen LogP contribution in [-0.2, 0) is 0 Å². The first kappa shape index (κ1) is 12.4. The van der Waals surface area contributed by atoms with Gasteiger partial charge in [0.1, 0.15) is 0 Å². The van der Waals surface area contributed by atoms with Gasteiger partial charge in [-0.2, -0.15) is 0 Å². The van der Waals surface area contributed by atoms with E-state index in [2.05, 4.69) is 32.6 Å². The lowest BCUT2D eigenvalue weighted by molar-refractivity contribution is 0.0828. The highest BCUT2D eigenvalue weighted by atomic mass is 15.2. The molecular formula is C14H28N2. The van der Waals surface area contributed by atoms with Crippen molar-refractivity contribution in [1.82, 2.24) is 4.90 Å². The van der Waals surface area contributed by atoms with E-state index in [1.807, 2.05) is 0 Å². The molecule has 0 aromatic rings. The Balaban J connectivity index is 1.99. The summed E-state index contributed by atoms with van der Waals surface area (Å²) in [4.78, 5) is 2.67. The molecule has 1 heterocycles. The van der Waals surface area contributed by atoms with Crippen LogP contribution in [0.1, 0.15) is 47.0 Å². The first-order chi connectivity index (χ1) is 7.42. The summed E-state index contributed by atoms with van der Waals surface area (Å²) in [6.45, 7) is 12.0. The molecule has 2 heteroatoms. The molecule has 2 N–H and O–H groups in total. The molecule has 0 aromatic carbocycles. The van der Waals surface area contributed by atoms with Crippen molar-refractivity contribution in [1.29, 1.82) is 0 Å². The topological polar surface area (TPSA) is 29.3 Å². The molecule has 2 aliphatic rings. The fourth-order valence-corrected chi connectivity index (χ4v) is 3.39. The van der Waals surface area contributed by atoms with Gasteiger partial charge in [0.15, 0.2) is 0 Å². The Labute approximate surface area is 101 Å². The van der Waals surface area contributed by atoms with Crippen molar-refractivity contribution >= 4 is 0 Å². The molecule has 0 radical (unpaired) electrons. The first-order valence-electron chi connectivity index (χ1n) is 6.91. The predicted octanol–water partition coefficient (Wildman–Crippen LogP) is 2.48. The molecule has 0 spiro atoms. The number of hydrogen-bond donors (Lipinski definition) is 1. The van der Waals surface area contributed by atoms with Crippen molar-refractivity contribution in [3.8, 4) is 0 Å². The molecule has 0 aromatic heterocycles. The minimum Gasteiger partial charge on any atom is -0.326 e. The summed E-state index contributed by atoms with van der Waals surface area (Å²) in [6, 6.07) is 1.01. The molecule has 0 amide bonds. The average Bonchev–Trinajstić information content (AvgIpc) is 2.48. The van der Waals surface area contributed by atoms with Gasteiger partial charge in [-0.1, -0.05) is 27.7 Å². The lowest BCUT2D eigenvalue weighted by Crippen LogP contribution is -2.52. The third kappa shape index (κ3) is 2.14. The van der Waals surface area contributed by atoms with Crippen LogP contribution in [-0.4, -0.2) is 30.1 Å². The van der Waals surface area contributed by atoms with Gasteiger partial charge in [0.25, 0.3) is 0 Å². The van der Waals surface area contributed by atoms with Crippen molar-refractivity contribution in [3.05, 3.63) is 0 Å². The summed E-state index contributed by atoms with van der Waals surface area (Å²) >= 11 is 0. The number of piperidine rings is 1. The highest BCUT2D eigenvalue weighted by Crippen LogP contribution is 2.40. The number of nitrogens with zero attached hydrogens (tertiary/aromatic N) is 1. The second-order valence-corrected chi connectivity index (χ2v) is 6.86. The monoisotopic (exact) mass is 224 g/mol. The minimum atomic E-state index is 0.344. The summed E-state index contributed by atoms with van der Waals surface area (Å²) in [5.74, 6) is 1.73. The SMILES string of the molecule is CC1CCN(C2CCC(C)(C)C2N)CC1C. The molecule has 1 saturated carbocycles. The first-order valence-corrected chi connectivity index (χ1v) is 6.91. The zero-order chi connectivity index (χ0) is 11.9. The zero-order valence-electron chi connectivity index (χ0n) is 11.4. The Bertz CT molecular complexity index is 249. The lowest BCUT2D eigenvalue weighted by Gasteiger charge is -2.41. The smallest absolute Gasteiger partial charge is 0.0252 e. The van der Waals surface area contributed by atoms with E-state index in [1.54, 1.807) is 0 Å². The van der Waals surface area contributed by atoms with Crippen LogP contribution < -0.4 is 5.73 Å². The highest BCUT2D eigenvalue weighted by molar-refractivity contribution is 5.00. The van der Waals surface area contributed by atoms with Crippen LogP contribution >= 0.6 is 0 Å². The standard InChI is InChI=1S/C14H28N2/c1-10-6-8-16(9-11(10)2)12-5-7-14(3,4)13(12)15/h10-13H,5-9,15H2,1-4H3. The van der Waals surface area contributed by atoms with Gasteiger partial charge in [-0.15, -0.1) is 0 Å². The Morgan fingerprint density at radius 2 is 1.81 bits per heavy atom. The van der Waals surface area contributed by atoms with E-state index in [-0.39, 0.29) is 0 Å². The molecule has 2 fully saturated rings. The second kappa shape index (κ2) is 4.30. The van der Waals surface area contributed by atoms with E-state index in [1.165, 1.54) is 32.4 Å². The summed E-state index contributed by atoms with van der Waals surface area (Å²) in [6.07, 6.45) is 3.94. The molecule has 1 saturated heterocycles. The van der Waals surface area contributed by atoms with E-state index >= 15 is 0 Å². The van der Waals surface area contributed by atoms with E-state index in [4.69, 9.17) is 5.73 Å². The van der Waals surface area contributed by atoms with Gasteiger partial charge >= 0.3 is 0 Å². The third-order valence-corrected chi connectivity index (χ3v) is 5.24. The van der Waals surface area contributed by atoms with Crippen molar-refractivity contribution in [2.75, 3.05) is 13.1 Å². The van der Waals surface area contributed by atoms with E-state index in [0.717, 1.165) is 11.8 Å². The molecular weight excluding hydrogens is 196 g/mol. The molecule has 94 valence electrons. The maximum Gasteiger partial charge on any atom is 0.0252 e. The normalized spacial score (nSPS) is 44.8. The van der Waals surface area contributed by atoms with E-state index < -0.39 is 0 Å². The Morgan fingerprint density at radius 1 is 1.12 bits per heavy atom. The van der Waals surface area contributed by atoms with Crippen LogP contribution in [0.4, 0.5) is 0 Å². The lowest BCUT2D eigenvalue weighted by atomic mass is 9.85. The molecule has 16 heavy (non-hydrogen) atoms. The number of rotatable bonds is 1. The van der Waals surface area contributed by atoms with Gasteiger partial charge in [0, 0.05) is 18.6 Å². The highest BCUT2D eigenvalue weighted by Gasteiger charge is 2.43. The second-order valence-electron chi connectivity index (χ2n) is 6.86. The van der Waals surface area contributed by atoms with Gasteiger partial charge in [-0.3, -0.25) is 4.90 Å². The van der Waals surface area contributed by atoms with Crippen molar-refractivity contribution in [2.24, 2.45) is 23.0 Å². The van der Waals surface area contributed by atoms with Gasteiger partial charge in [-0.25, -0.2) is 0 Å². The molecule has 1 aliphatic heterocycles. The minimum absolute atomic E-state index is 0.344. The third-order valence-electron chi connectivity index (χ3n) is 5.24. The Hall–Kier alpha value is -0.0800. The van der Waals surface area contributed by atoms with Crippen LogP contribution in [0.3, 0.4) is 0 Å². The molecule has 1 aliphatic carbocycles. The van der Waals surface area contributed by atoms with Crippen LogP contribution in [0.5, 0.6) is 0 Å². The van der Waals surface area contributed by atoms with Crippen LogP contribution in [0, 0.1) is 17.3 Å². The molecule has 4 unspecified atom stereocenters. The van der Waals surface area contributed by atoms with Gasteiger partial charge in [0.05, 0.1) is 0 Å². The zero-order valence-corrected chi connectivity index (χ0v) is 11.4. The largest absolute Gasteiger partial charge is 0.326 e. The fraction of sp³-hybridized carbons (Fsp3) is 1.00. The summed E-state index contributed by atoms with van der Waals surface area (Å²) in [5.41, 5.74) is 6.77. The fourth-order valence-electron chi connectivity index (χ4n) is 3.39. The van der Waals surface area contributed by atoms with Gasteiger partial charge in [-0.05, 0) is 43.1 Å². The van der Waals surface area contributed by atoms with E-state index in [9.17, 15) is 0 Å². The number of nitrogens with two attached hydrogens (primary N) is 1. The van der Waals surface area contributed by atoms with Crippen LogP contribution in [0.15, 0.2) is 0 Å². The Morgan fingerprint density at radius 3 is 2.31 bits per heavy atom. The summed E-state index contributed by atoms with van der Waals surface area (Å²) in [7, 11) is 0. The molecule has 2 nitrogen and oxygen atoms in total. The van der Waals surface area contributed by atoms with Crippen molar-refractivity contribution in [2.45, 2.75) is 59.0 Å². The maximum absolute atomic E-state index is 6.43. The van der Waals surface area contributed by atoms with Crippen molar-refractivity contribution in [3.63, 3.8) is 0 Å². The average molecular weight is 224 g/mol. The quantitative estimate of drug-likeness (QED) is 0.741. The maximum atomic E-state index is 6.43. The number of likely N-dealkylation sites (tertiary alicyclic amines) is 1. The van der Waals surface area contributed by atoms with Crippen LogP contribution in [0.2, 0.25) is 0 Å².